The number of aryl methyl sites for hydroxylation is 1. The van der Waals surface area contributed by atoms with E-state index in [0.717, 1.165) is 43.7 Å². The van der Waals surface area contributed by atoms with Crippen LogP contribution in [0.25, 0.3) is 0 Å². The minimum atomic E-state index is -0.677. The number of hydrogen-bond acceptors (Lipinski definition) is 5. The molecule has 0 unspecified atom stereocenters. The molecule has 1 aromatic rings. The number of likely N-dealkylation sites (tertiary alicyclic amines) is 1. The summed E-state index contributed by atoms with van der Waals surface area (Å²) in [6.45, 7) is 11.8. The third-order valence-corrected chi connectivity index (χ3v) is 8.62. The fraction of sp³-hybridized carbons (Fsp3) is 0.636. The summed E-state index contributed by atoms with van der Waals surface area (Å²) in [4.78, 5) is 41.1. The van der Waals surface area contributed by atoms with Crippen LogP contribution in [0.1, 0.15) is 90.5 Å². The molecule has 1 heterocycles. The first-order valence-electron chi connectivity index (χ1n) is 15.7. The van der Waals surface area contributed by atoms with Crippen LogP contribution in [0.2, 0.25) is 5.02 Å². The first kappa shape index (κ1) is 35.9. The second kappa shape index (κ2) is 19.8. The van der Waals surface area contributed by atoms with Crippen LogP contribution in [-0.2, 0) is 14.4 Å². The van der Waals surface area contributed by atoms with Crippen molar-refractivity contribution in [2.75, 3.05) is 31.5 Å². The Bertz CT molecular complexity index is 1060. The number of benzene rings is 1. The number of rotatable bonds is 18. The molecule has 0 spiro atoms. The van der Waals surface area contributed by atoms with E-state index in [1.807, 2.05) is 32.1 Å². The first-order chi connectivity index (χ1) is 20.1. The molecule has 234 valence electrons. The van der Waals surface area contributed by atoms with Crippen LogP contribution < -0.4 is 16.0 Å². The number of nitrogens with zero attached hydrogens (tertiary/aromatic N) is 1. The quantitative estimate of drug-likeness (QED) is 0.126. The fourth-order valence-electron chi connectivity index (χ4n) is 5.27. The Balaban J connectivity index is 1.89. The van der Waals surface area contributed by atoms with E-state index in [-0.39, 0.29) is 29.9 Å². The predicted molar refractivity (Wildman–Crippen MR) is 178 cm³/mol. The van der Waals surface area contributed by atoms with Crippen LogP contribution in [-0.4, -0.2) is 59.7 Å². The van der Waals surface area contributed by atoms with Gasteiger partial charge >= 0.3 is 0 Å². The highest BCUT2D eigenvalue weighted by Crippen LogP contribution is 2.22. The lowest BCUT2D eigenvalue weighted by molar-refractivity contribution is -0.127. The molecule has 3 atom stereocenters. The molecule has 0 saturated carbocycles. The summed E-state index contributed by atoms with van der Waals surface area (Å²) < 4.78 is 0. The molecule has 0 bridgehead atoms. The van der Waals surface area contributed by atoms with E-state index in [4.69, 9.17) is 23.8 Å². The molecule has 1 aliphatic rings. The standard InChI is InChI=1S/C33H51ClN4O3S/c1-5-12-32(41)36-29(22-33(42)37-28-17-16-27(34)21-25(28)4)30(39)14-10-13-26(24(3)6-2)23-35-31(40)15-11-20-38-18-8-7-9-19-38/h11,15-17,21,24,26,29H,5-10,12-14,18-20,22-23H2,1-4H3,(H,35,40)(H,36,41)(H,37,42)/b15-11+/t24-,26+,29-/m0/s1. The van der Waals surface area contributed by atoms with Crippen LogP contribution in [0.15, 0.2) is 30.4 Å². The van der Waals surface area contributed by atoms with E-state index >= 15 is 0 Å². The molecule has 2 rings (SSSR count). The summed E-state index contributed by atoms with van der Waals surface area (Å²) in [5.41, 5.74) is 1.78. The van der Waals surface area contributed by atoms with Crippen molar-refractivity contribution in [1.82, 2.24) is 15.5 Å². The highest BCUT2D eigenvalue weighted by molar-refractivity contribution is 7.80. The minimum absolute atomic E-state index is 0.0241. The largest absolute Gasteiger partial charge is 0.352 e. The van der Waals surface area contributed by atoms with Gasteiger partial charge < -0.3 is 16.0 Å². The van der Waals surface area contributed by atoms with Gasteiger partial charge in [0, 0.05) is 49.1 Å². The molecular formula is C33H51ClN4O3S. The van der Waals surface area contributed by atoms with Gasteiger partial charge in [-0.3, -0.25) is 19.3 Å². The molecule has 42 heavy (non-hydrogen) atoms. The van der Waals surface area contributed by atoms with Gasteiger partial charge in [0.25, 0.3) is 0 Å². The summed E-state index contributed by atoms with van der Waals surface area (Å²) >= 11 is 11.6. The fourth-order valence-corrected chi connectivity index (χ4v) is 5.77. The maximum atomic E-state index is 13.3. The summed E-state index contributed by atoms with van der Waals surface area (Å²) in [6, 6.07) is 4.81. The normalized spacial score (nSPS) is 16.0. The maximum absolute atomic E-state index is 13.3. The van der Waals surface area contributed by atoms with Crippen LogP contribution in [0, 0.1) is 18.8 Å². The predicted octanol–water partition coefficient (Wildman–Crippen LogP) is 6.62. The zero-order chi connectivity index (χ0) is 30.9. The lowest BCUT2D eigenvalue weighted by atomic mass is 9.86. The number of anilines is 1. The van der Waals surface area contributed by atoms with Gasteiger partial charge in [-0.1, -0.05) is 63.5 Å². The summed E-state index contributed by atoms with van der Waals surface area (Å²) in [5, 5.41) is 9.83. The Kier molecular flexibility index (Phi) is 16.9. The number of halogens is 1. The van der Waals surface area contributed by atoms with E-state index in [1.54, 1.807) is 12.1 Å². The number of Topliss-reactive ketones (excluding diaryl/α,β-unsaturated/α-hetero) is 1. The molecule has 7 nitrogen and oxygen atoms in total. The summed E-state index contributed by atoms with van der Waals surface area (Å²) in [7, 11) is 0. The van der Waals surface area contributed by atoms with E-state index in [0.29, 0.717) is 48.2 Å². The maximum Gasteiger partial charge on any atom is 0.243 e. The van der Waals surface area contributed by atoms with Gasteiger partial charge in [-0.05, 0) is 87.7 Å². The Labute approximate surface area is 263 Å². The van der Waals surface area contributed by atoms with Crippen LogP contribution >= 0.6 is 23.8 Å². The van der Waals surface area contributed by atoms with Crippen molar-refractivity contribution < 1.29 is 14.4 Å². The third-order valence-electron chi connectivity index (χ3n) is 8.12. The number of piperidine rings is 1. The van der Waals surface area contributed by atoms with Crippen molar-refractivity contribution in [3.63, 3.8) is 0 Å². The Hall–Kier alpha value is -2.29. The molecular weight excluding hydrogens is 568 g/mol. The SMILES string of the molecule is CCCC(=O)N[C@@H](CC(=S)Nc1ccc(Cl)cc1C)C(=O)CCC[C@H](CNC(=O)/C=C/CN1CCCCC1)[C@@H](C)CC. The topological polar surface area (TPSA) is 90.5 Å². The monoisotopic (exact) mass is 618 g/mol. The van der Waals surface area contributed by atoms with Crippen molar-refractivity contribution in [3.05, 3.63) is 40.9 Å². The van der Waals surface area contributed by atoms with Crippen molar-refractivity contribution in [3.8, 4) is 0 Å². The van der Waals surface area contributed by atoms with Crippen molar-refractivity contribution in [1.29, 1.82) is 0 Å². The summed E-state index contributed by atoms with van der Waals surface area (Å²) in [6.07, 6.45) is 11.5. The average Bonchev–Trinajstić information content (AvgIpc) is 2.96. The third kappa shape index (κ3) is 13.8. The number of thiocarbonyl (C=S) groups is 1. The number of nitrogens with one attached hydrogen (secondary N) is 3. The van der Waals surface area contributed by atoms with Crippen LogP contribution in [0.5, 0.6) is 0 Å². The van der Waals surface area contributed by atoms with Gasteiger partial charge in [0.2, 0.25) is 11.8 Å². The molecule has 1 aliphatic heterocycles. The molecule has 9 heteroatoms. The number of ketones is 1. The number of hydrogen-bond donors (Lipinski definition) is 3. The second-order valence-electron chi connectivity index (χ2n) is 11.6. The summed E-state index contributed by atoms with van der Waals surface area (Å²) in [5.74, 6) is 0.453. The highest BCUT2D eigenvalue weighted by atomic mass is 35.5. The van der Waals surface area contributed by atoms with Gasteiger partial charge in [0.15, 0.2) is 5.78 Å². The molecule has 0 radical (unpaired) electrons. The number of carbonyl (C=O) groups is 3. The van der Waals surface area contributed by atoms with Crippen LogP contribution in [0.3, 0.4) is 0 Å². The Morgan fingerprint density at radius 1 is 1.12 bits per heavy atom. The molecule has 0 aliphatic carbocycles. The van der Waals surface area contributed by atoms with Gasteiger partial charge in [-0.25, -0.2) is 0 Å². The van der Waals surface area contributed by atoms with E-state index in [9.17, 15) is 14.4 Å². The van der Waals surface area contributed by atoms with Crippen molar-refractivity contribution >= 4 is 52.1 Å². The van der Waals surface area contributed by atoms with E-state index < -0.39 is 6.04 Å². The van der Waals surface area contributed by atoms with Gasteiger partial charge in [-0.2, -0.15) is 0 Å². The van der Waals surface area contributed by atoms with Crippen molar-refractivity contribution in [2.24, 2.45) is 11.8 Å². The Morgan fingerprint density at radius 3 is 2.52 bits per heavy atom. The zero-order valence-corrected chi connectivity index (χ0v) is 27.5. The first-order valence-corrected chi connectivity index (χ1v) is 16.5. The van der Waals surface area contributed by atoms with Gasteiger partial charge in [0.1, 0.15) is 0 Å². The molecule has 0 aromatic heterocycles. The molecule has 3 N–H and O–H groups in total. The van der Waals surface area contributed by atoms with E-state index in [1.165, 1.54) is 19.3 Å². The molecule has 1 saturated heterocycles. The zero-order valence-electron chi connectivity index (χ0n) is 26.0. The lowest BCUT2D eigenvalue weighted by Crippen LogP contribution is -2.42. The number of amides is 2. The van der Waals surface area contributed by atoms with Gasteiger partial charge in [-0.15, -0.1) is 0 Å². The second-order valence-corrected chi connectivity index (χ2v) is 12.5. The minimum Gasteiger partial charge on any atom is -0.352 e. The molecule has 1 fully saturated rings. The number of carbonyl (C=O) groups excluding carboxylic acids is 3. The van der Waals surface area contributed by atoms with Crippen LogP contribution in [0.4, 0.5) is 5.69 Å². The van der Waals surface area contributed by atoms with Crippen molar-refractivity contribution in [2.45, 2.75) is 97.9 Å². The van der Waals surface area contributed by atoms with Gasteiger partial charge in [0.05, 0.1) is 11.0 Å². The molecule has 1 aromatic carbocycles. The Morgan fingerprint density at radius 2 is 1.86 bits per heavy atom. The highest BCUT2D eigenvalue weighted by Gasteiger charge is 2.23. The molecule has 2 amide bonds. The smallest absolute Gasteiger partial charge is 0.243 e. The lowest BCUT2D eigenvalue weighted by Gasteiger charge is -2.25. The average molecular weight is 619 g/mol. The van der Waals surface area contributed by atoms with E-state index in [2.05, 4.69) is 34.7 Å².